The number of thiophene rings is 1. The molecule has 1 aliphatic rings. The highest BCUT2D eigenvalue weighted by Gasteiger charge is 2.34. The van der Waals surface area contributed by atoms with Gasteiger partial charge in [-0.3, -0.25) is 9.59 Å². The first kappa shape index (κ1) is 17.5. The van der Waals surface area contributed by atoms with Crippen molar-refractivity contribution >= 4 is 29.1 Å². The fourth-order valence-corrected chi connectivity index (χ4v) is 3.39. The zero-order valence-corrected chi connectivity index (χ0v) is 14.0. The number of carbonyl (C=O) groups is 3. The molecule has 126 valence electrons. The van der Waals surface area contributed by atoms with Gasteiger partial charge in [0, 0.05) is 30.5 Å². The van der Waals surface area contributed by atoms with E-state index in [0.717, 1.165) is 6.42 Å². The predicted octanol–water partition coefficient (Wildman–Crippen LogP) is 1.97. The number of likely N-dealkylation sites (tertiary alicyclic amines) is 1. The lowest BCUT2D eigenvalue weighted by molar-refractivity contribution is -0.153. The number of rotatable bonds is 6. The molecule has 1 aromatic heterocycles. The van der Waals surface area contributed by atoms with Crippen LogP contribution in [0.25, 0.3) is 0 Å². The molecular weight excluding hydrogens is 316 g/mol. The summed E-state index contributed by atoms with van der Waals surface area (Å²) in [6.07, 6.45) is 2.11. The van der Waals surface area contributed by atoms with Gasteiger partial charge in [0.15, 0.2) is 0 Å². The maximum absolute atomic E-state index is 12.2. The Morgan fingerprint density at radius 3 is 2.87 bits per heavy atom. The van der Waals surface area contributed by atoms with Crippen LogP contribution in [0.15, 0.2) is 16.8 Å². The topological polar surface area (TPSA) is 86.7 Å². The molecule has 0 saturated carbocycles. The number of carbonyl (C=O) groups excluding carboxylic acids is 2. The van der Waals surface area contributed by atoms with E-state index in [9.17, 15) is 19.5 Å². The Bertz CT molecular complexity index is 558. The number of nitrogens with one attached hydrogen (secondary N) is 1. The third-order valence-electron chi connectivity index (χ3n) is 4.11. The van der Waals surface area contributed by atoms with Crippen molar-refractivity contribution in [2.45, 2.75) is 38.6 Å². The third-order valence-corrected chi connectivity index (χ3v) is 4.79. The van der Waals surface area contributed by atoms with Gasteiger partial charge in [-0.05, 0) is 36.6 Å². The Morgan fingerprint density at radius 1 is 1.43 bits per heavy atom. The van der Waals surface area contributed by atoms with Gasteiger partial charge in [0.05, 0.1) is 0 Å². The van der Waals surface area contributed by atoms with E-state index in [1.54, 1.807) is 11.4 Å². The molecule has 1 aliphatic heterocycles. The van der Waals surface area contributed by atoms with Crippen molar-refractivity contribution in [3.05, 3.63) is 22.4 Å². The Balaban J connectivity index is 1.75. The molecule has 0 bridgehead atoms. The SMILES string of the molecule is CC1CCN(C(=O)CCCNC(=O)c2ccsc2)C(C(=O)O)C1. The number of carboxylic acid groups (broad SMARTS) is 1. The average molecular weight is 338 g/mol. The summed E-state index contributed by atoms with van der Waals surface area (Å²) in [6, 6.07) is 1.03. The predicted molar refractivity (Wildman–Crippen MR) is 87.4 cm³/mol. The highest BCUT2D eigenvalue weighted by molar-refractivity contribution is 7.08. The van der Waals surface area contributed by atoms with E-state index in [2.05, 4.69) is 5.32 Å². The Morgan fingerprint density at radius 2 is 2.22 bits per heavy atom. The van der Waals surface area contributed by atoms with Crippen LogP contribution in [0.5, 0.6) is 0 Å². The van der Waals surface area contributed by atoms with E-state index in [-0.39, 0.29) is 18.2 Å². The van der Waals surface area contributed by atoms with Crippen molar-refractivity contribution in [2.75, 3.05) is 13.1 Å². The molecule has 2 unspecified atom stereocenters. The largest absolute Gasteiger partial charge is 0.480 e. The van der Waals surface area contributed by atoms with Gasteiger partial charge in [0.25, 0.3) is 5.91 Å². The monoisotopic (exact) mass is 338 g/mol. The molecule has 0 aromatic carbocycles. The van der Waals surface area contributed by atoms with Gasteiger partial charge in [-0.15, -0.1) is 0 Å². The summed E-state index contributed by atoms with van der Waals surface area (Å²) in [4.78, 5) is 36.8. The van der Waals surface area contributed by atoms with Crippen LogP contribution in [0.4, 0.5) is 0 Å². The number of carboxylic acids is 1. The second kappa shape index (κ2) is 8.10. The van der Waals surface area contributed by atoms with Crippen LogP contribution in [0.1, 0.15) is 43.0 Å². The fourth-order valence-electron chi connectivity index (χ4n) is 2.76. The molecule has 1 fully saturated rings. The van der Waals surface area contributed by atoms with E-state index in [4.69, 9.17) is 0 Å². The smallest absolute Gasteiger partial charge is 0.326 e. The number of hydrogen-bond donors (Lipinski definition) is 2. The molecule has 23 heavy (non-hydrogen) atoms. The van der Waals surface area contributed by atoms with Crippen LogP contribution >= 0.6 is 11.3 Å². The van der Waals surface area contributed by atoms with Gasteiger partial charge >= 0.3 is 5.97 Å². The van der Waals surface area contributed by atoms with Gasteiger partial charge < -0.3 is 15.3 Å². The van der Waals surface area contributed by atoms with Crippen LogP contribution < -0.4 is 5.32 Å². The van der Waals surface area contributed by atoms with Gasteiger partial charge in [-0.2, -0.15) is 11.3 Å². The lowest BCUT2D eigenvalue weighted by Gasteiger charge is -2.36. The van der Waals surface area contributed by atoms with Crippen LogP contribution in [-0.4, -0.2) is 46.9 Å². The normalized spacial score (nSPS) is 21.0. The molecular formula is C16H22N2O4S. The molecule has 1 aromatic rings. The summed E-state index contributed by atoms with van der Waals surface area (Å²) in [6.45, 7) is 2.92. The van der Waals surface area contributed by atoms with Crippen molar-refractivity contribution in [1.82, 2.24) is 10.2 Å². The molecule has 0 radical (unpaired) electrons. The summed E-state index contributed by atoms with van der Waals surface area (Å²) in [5.74, 6) is -0.899. The maximum Gasteiger partial charge on any atom is 0.326 e. The van der Waals surface area contributed by atoms with Crippen molar-refractivity contribution < 1.29 is 19.5 Å². The molecule has 0 spiro atoms. The summed E-state index contributed by atoms with van der Waals surface area (Å²) >= 11 is 1.46. The second-order valence-corrected chi connectivity index (χ2v) is 6.72. The van der Waals surface area contributed by atoms with E-state index >= 15 is 0 Å². The van der Waals surface area contributed by atoms with Crippen LogP contribution in [0.2, 0.25) is 0 Å². The standard InChI is InChI=1S/C16H22N2O4S/c1-11-4-7-18(13(9-11)16(21)22)14(19)3-2-6-17-15(20)12-5-8-23-10-12/h5,8,10-11,13H,2-4,6-7,9H2,1H3,(H,17,20)(H,21,22). The minimum atomic E-state index is -0.935. The van der Waals surface area contributed by atoms with E-state index in [0.29, 0.717) is 37.4 Å². The third kappa shape index (κ3) is 4.79. The van der Waals surface area contributed by atoms with Gasteiger partial charge in [0.1, 0.15) is 6.04 Å². The number of aliphatic carboxylic acids is 1. The van der Waals surface area contributed by atoms with Crippen molar-refractivity contribution in [1.29, 1.82) is 0 Å². The zero-order chi connectivity index (χ0) is 16.8. The van der Waals surface area contributed by atoms with Crippen LogP contribution in [-0.2, 0) is 9.59 Å². The summed E-state index contributed by atoms with van der Waals surface area (Å²) in [5, 5.41) is 15.6. The maximum atomic E-state index is 12.2. The zero-order valence-electron chi connectivity index (χ0n) is 13.2. The summed E-state index contributed by atoms with van der Waals surface area (Å²) in [7, 11) is 0. The Kier molecular flexibility index (Phi) is 6.15. The van der Waals surface area contributed by atoms with E-state index in [1.807, 2.05) is 12.3 Å². The number of hydrogen-bond acceptors (Lipinski definition) is 4. The van der Waals surface area contributed by atoms with Gasteiger partial charge in [-0.25, -0.2) is 4.79 Å². The van der Waals surface area contributed by atoms with Crippen molar-refractivity contribution in [3.63, 3.8) is 0 Å². The van der Waals surface area contributed by atoms with E-state index in [1.165, 1.54) is 16.2 Å². The quantitative estimate of drug-likeness (QED) is 0.777. The average Bonchev–Trinajstić information content (AvgIpc) is 3.05. The molecule has 1 saturated heterocycles. The van der Waals surface area contributed by atoms with E-state index < -0.39 is 12.0 Å². The minimum absolute atomic E-state index is 0.144. The molecule has 2 atom stereocenters. The summed E-state index contributed by atoms with van der Waals surface area (Å²) in [5.41, 5.74) is 0.622. The highest BCUT2D eigenvalue weighted by Crippen LogP contribution is 2.23. The highest BCUT2D eigenvalue weighted by atomic mass is 32.1. The molecule has 7 heteroatoms. The molecule has 2 N–H and O–H groups in total. The second-order valence-electron chi connectivity index (χ2n) is 5.94. The Hall–Kier alpha value is -1.89. The first-order valence-corrected chi connectivity index (χ1v) is 8.76. The fraction of sp³-hybridized carbons (Fsp3) is 0.562. The number of amides is 2. The lowest BCUT2D eigenvalue weighted by atomic mass is 9.92. The van der Waals surface area contributed by atoms with Crippen LogP contribution in [0, 0.1) is 5.92 Å². The Labute approximate surface area is 139 Å². The van der Waals surface area contributed by atoms with Crippen LogP contribution in [0.3, 0.4) is 0 Å². The molecule has 0 aliphatic carbocycles. The van der Waals surface area contributed by atoms with Crippen molar-refractivity contribution in [3.8, 4) is 0 Å². The summed E-state index contributed by atoms with van der Waals surface area (Å²) < 4.78 is 0. The van der Waals surface area contributed by atoms with Gasteiger partial charge in [-0.1, -0.05) is 6.92 Å². The van der Waals surface area contributed by atoms with Gasteiger partial charge in [0.2, 0.25) is 5.91 Å². The first-order valence-electron chi connectivity index (χ1n) is 7.81. The lowest BCUT2D eigenvalue weighted by Crippen LogP contribution is -2.49. The molecule has 6 nitrogen and oxygen atoms in total. The number of piperidine rings is 1. The van der Waals surface area contributed by atoms with Crippen molar-refractivity contribution in [2.24, 2.45) is 5.92 Å². The molecule has 2 amide bonds. The first-order chi connectivity index (χ1) is 11.0. The molecule has 2 rings (SSSR count). The minimum Gasteiger partial charge on any atom is -0.480 e. The molecule has 2 heterocycles. The number of nitrogens with zero attached hydrogens (tertiary/aromatic N) is 1.